The normalized spacial score (nSPS) is 19.5. The summed E-state index contributed by atoms with van der Waals surface area (Å²) in [4.78, 5) is 26.8. The fraction of sp³-hybridized carbons (Fsp3) is 0.429. The zero-order chi connectivity index (χ0) is 19.2. The number of nitrogens with zero attached hydrogens (tertiary/aromatic N) is 1. The number of benzene rings is 1. The largest absolute Gasteiger partial charge is 0.369 e. The van der Waals surface area contributed by atoms with Crippen molar-refractivity contribution in [1.82, 2.24) is 4.90 Å². The van der Waals surface area contributed by atoms with Crippen LogP contribution < -0.4 is 5.73 Å². The maximum Gasteiger partial charge on any atom is 0.253 e. The lowest BCUT2D eigenvalue weighted by molar-refractivity contribution is -0.127. The zero-order valence-electron chi connectivity index (χ0n) is 15.8. The van der Waals surface area contributed by atoms with Crippen molar-refractivity contribution in [3.63, 3.8) is 0 Å². The van der Waals surface area contributed by atoms with Crippen LogP contribution in [0.5, 0.6) is 0 Å². The highest BCUT2D eigenvalue weighted by atomic mass is 16.5. The molecule has 2 N–H and O–H groups in total. The second-order valence-electron chi connectivity index (χ2n) is 6.56. The van der Waals surface area contributed by atoms with E-state index in [0.717, 1.165) is 18.4 Å². The Morgan fingerprint density at radius 3 is 2.27 bits per heavy atom. The minimum absolute atomic E-state index is 0.0930. The van der Waals surface area contributed by atoms with Gasteiger partial charge in [-0.2, -0.15) is 0 Å². The predicted octanol–water partition coefficient (Wildman–Crippen LogP) is 2.92. The molecule has 0 spiro atoms. The molecule has 0 saturated carbocycles. The van der Waals surface area contributed by atoms with Gasteiger partial charge in [0.05, 0.1) is 0 Å². The van der Waals surface area contributed by atoms with Crippen LogP contribution in [-0.2, 0) is 19.9 Å². The number of hydrogen-bond acceptors (Lipinski definition) is 3. The van der Waals surface area contributed by atoms with E-state index in [4.69, 9.17) is 10.5 Å². The Kier molecular flexibility index (Phi) is 6.75. The van der Waals surface area contributed by atoms with E-state index in [1.807, 2.05) is 55.2 Å². The molecule has 1 aromatic carbocycles. The highest BCUT2D eigenvalue weighted by molar-refractivity contribution is 6.01. The molecule has 0 saturated heterocycles. The average Bonchev–Trinajstić information content (AvgIpc) is 2.67. The molecule has 1 unspecified atom stereocenters. The van der Waals surface area contributed by atoms with Crippen LogP contribution >= 0.6 is 0 Å². The molecule has 1 aliphatic carbocycles. The first-order valence-corrected chi connectivity index (χ1v) is 9.10. The molecule has 2 rings (SSSR count). The first-order valence-electron chi connectivity index (χ1n) is 9.10. The van der Waals surface area contributed by atoms with Gasteiger partial charge in [0.25, 0.3) is 5.91 Å². The smallest absolute Gasteiger partial charge is 0.253 e. The molecule has 0 bridgehead atoms. The first kappa shape index (κ1) is 19.9. The number of hydrogen-bond donors (Lipinski definition) is 1. The van der Waals surface area contributed by atoms with E-state index < -0.39 is 11.5 Å². The van der Waals surface area contributed by atoms with Crippen molar-refractivity contribution < 1.29 is 14.3 Å². The molecule has 1 aliphatic rings. The Morgan fingerprint density at radius 2 is 1.77 bits per heavy atom. The number of primary amides is 1. The third-order valence-electron chi connectivity index (χ3n) is 4.64. The first-order chi connectivity index (χ1) is 12.5. The number of rotatable bonds is 8. The molecule has 1 atom stereocenters. The maximum absolute atomic E-state index is 13.1. The monoisotopic (exact) mass is 356 g/mol. The lowest BCUT2D eigenvalue weighted by atomic mass is 9.80. The third-order valence-corrected chi connectivity index (χ3v) is 4.64. The minimum atomic E-state index is -0.879. The number of carbonyl (C=O) groups is 2. The summed E-state index contributed by atoms with van der Waals surface area (Å²) in [7, 11) is 1.59. The summed E-state index contributed by atoms with van der Waals surface area (Å²) in [5.41, 5.74) is 6.42. The molecule has 0 aliphatic heterocycles. The van der Waals surface area contributed by atoms with Gasteiger partial charge in [0, 0.05) is 37.8 Å². The molecular formula is C21H28N2O3. The fourth-order valence-corrected chi connectivity index (χ4v) is 3.34. The van der Waals surface area contributed by atoms with Crippen molar-refractivity contribution in [2.45, 2.75) is 38.7 Å². The molecule has 5 heteroatoms. The highest BCUT2D eigenvalue weighted by Crippen LogP contribution is 2.38. The molecule has 0 fully saturated rings. The lowest BCUT2D eigenvalue weighted by Crippen LogP contribution is -2.38. The minimum Gasteiger partial charge on any atom is -0.369 e. The maximum atomic E-state index is 13.1. The van der Waals surface area contributed by atoms with Crippen molar-refractivity contribution in [3.8, 4) is 0 Å². The van der Waals surface area contributed by atoms with Crippen molar-refractivity contribution in [1.29, 1.82) is 0 Å². The van der Waals surface area contributed by atoms with Crippen LogP contribution in [0.25, 0.3) is 0 Å². The Morgan fingerprint density at radius 1 is 1.15 bits per heavy atom. The van der Waals surface area contributed by atoms with Crippen molar-refractivity contribution in [3.05, 3.63) is 59.2 Å². The molecule has 1 aromatic rings. The second kappa shape index (κ2) is 8.81. The Labute approximate surface area is 155 Å². The molecule has 140 valence electrons. The van der Waals surface area contributed by atoms with Crippen molar-refractivity contribution >= 4 is 11.8 Å². The van der Waals surface area contributed by atoms with Gasteiger partial charge in [-0.1, -0.05) is 44.2 Å². The van der Waals surface area contributed by atoms with Gasteiger partial charge < -0.3 is 15.4 Å². The van der Waals surface area contributed by atoms with E-state index in [0.29, 0.717) is 30.7 Å². The van der Waals surface area contributed by atoms with Gasteiger partial charge >= 0.3 is 0 Å². The predicted molar refractivity (Wildman–Crippen MR) is 102 cm³/mol. The van der Waals surface area contributed by atoms with Crippen LogP contribution in [0.1, 0.15) is 38.7 Å². The average molecular weight is 356 g/mol. The molecule has 5 nitrogen and oxygen atoms in total. The molecule has 0 heterocycles. The van der Waals surface area contributed by atoms with E-state index in [9.17, 15) is 9.59 Å². The van der Waals surface area contributed by atoms with Gasteiger partial charge in [-0.15, -0.1) is 0 Å². The van der Waals surface area contributed by atoms with Crippen LogP contribution in [0.3, 0.4) is 0 Å². The number of amides is 2. The summed E-state index contributed by atoms with van der Waals surface area (Å²) in [6.45, 7) is 5.43. The van der Waals surface area contributed by atoms with Crippen molar-refractivity contribution in [2.24, 2.45) is 5.73 Å². The van der Waals surface area contributed by atoms with E-state index in [1.54, 1.807) is 13.2 Å². The summed E-state index contributed by atoms with van der Waals surface area (Å²) in [6, 6.07) is 9.60. The molecular weight excluding hydrogens is 328 g/mol. The quantitative estimate of drug-likeness (QED) is 0.778. The molecule has 26 heavy (non-hydrogen) atoms. The van der Waals surface area contributed by atoms with Crippen molar-refractivity contribution in [2.75, 3.05) is 20.2 Å². The summed E-state index contributed by atoms with van der Waals surface area (Å²) in [6.07, 6.45) is 5.50. The molecule has 2 amide bonds. The van der Waals surface area contributed by atoms with Gasteiger partial charge in [0.2, 0.25) is 5.91 Å². The lowest BCUT2D eigenvalue weighted by Gasteiger charge is -2.34. The van der Waals surface area contributed by atoms with E-state index in [1.165, 1.54) is 0 Å². The number of methoxy groups -OCH3 is 1. The molecule has 0 aromatic heterocycles. The van der Waals surface area contributed by atoms with E-state index >= 15 is 0 Å². The number of carbonyl (C=O) groups excluding carboxylic acids is 2. The number of ether oxygens (including phenoxy) is 1. The molecule has 0 radical (unpaired) electrons. The van der Waals surface area contributed by atoms with Gasteiger partial charge in [0.15, 0.2) is 0 Å². The topological polar surface area (TPSA) is 72.6 Å². The van der Waals surface area contributed by atoms with Crippen LogP contribution in [0, 0.1) is 0 Å². The summed E-state index contributed by atoms with van der Waals surface area (Å²) in [5.74, 6) is -0.622. The van der Waals surface area contributed by atoms with Gasteiger partial charge in [-0.3, -0.25) is 9.59 Å². The SMILES string of the molecule is CCCN(CCC)C(=O)C1=CC(OC)(c2ccccc2)CC(C(N)=O)=C1. The standard InChI is InChI=1S/C21H28N2O3/c1-4-11-23(12-5-2)20(25)17-13-16(19(22)24)14-21(15-17,26-3)18-9-7-6-8-10-18/h6-10,13,15H,4-5,11-12,14H2,1-3H3,(H2,22,24). The Hall–Kier alpha value is -2.40. The fourth-order valence-electron chi connectivity index (χ4n) is 3.34. The zero-order valence-corrected chi connectivity index (χ0v) is 15.8. The summed E-state index contributed by atoms with van der Waals surface area (Å²) >= 11 is 0. The van der Waals surface area contributed by atoms with Crippen LogP contribution in [-0.4, -0.2) is 36.9 Å². The number of nitrogens with two attached hydrogens (primary N) is 1. The van der Waals surface area contributed by atoms with Gasteiger partial charge in [0.1, 0.15) is 5.60 Å². The van der Waals surface area contributed by atoms with Gasteiger partial charge in [-0.25, -0.2) is 0 Å². The third kappa shape index (κ3) is 4.22. The van der Waals surface area contributed by atoms with Crippen LogP contribution in [0.4, 0.5) is 0 Å². The van der Waals surface area contributed by atoms with Crippen LogP contribution in [0.15, 0.2) is 53.6 Å². The van der Waals surface area contributed by atoms with Gasteiger partial charge in [-0.05, 0) is 30.6 Å². The second-order valence-corrected chi connectivity index (χ2v) is 6.56. The Bertz CT molecular complexity index is 703. The van der Waals surface area contributed by atoms with E-state index in [2.05, 4.69) is 0 Å². The highest BCUT2D eigenvalue weighted by Gasteiger charge is 2.37. The Balaban J connectivity index is 2.51. The van der Waals surface area contributed by atoms with Crippen LogP contribution in [0.2, 0.25) is 0 Å². The summed E-state index contributed by atoms with van der Waals surface area (Å²) < 4.78 is 5.83. The van der Waals surface area contributed by atoms with E-state index in [-0.39, 0.29) is 5.91 Å². The summed E-state index contributed by atoms with van der Waals surface area (Å²) in [5, 5.41) is 0.